The highest BCUT2D eigenvalue weighted by Crippen LogP contribution is 2.23. The van der Waals surface area contributed by atoms with Gasteiger partial charge in [0.1, 0.15) is 0 Å². The van der Waals surface area contributed by atoms with E-state index in [9.17, 15) is 4.79 Å². The first-order chi connectivity index (χ1) is 8.29. The van der Waals surface area contributed by atoms with Gasteiger partial charge in [0.25, 0.3) is 0 Å². The Balaban J connectivity index is 2.06. The van der Waals surface area contributed by atoms with Crippen LogP contribution in [0.1, 0.15) is 17.5 Å². The number of benzene rings is 1. The van der Waals surface area contributed by atoms with Crippen molar-refractivity contribution in [1.82, 2.24) is 0 Å². The maximum Gasteiger partial charge on any atom is 0.228 e. The topological polar surface area (TPSA) is 77.9 Å². The van der Waals surface area contributed by atoms with E-state index in [1.807, 2.05) is 18.2 Å². The molecule has 17 heavy (non-hydrogen) atoms. The van der Waals surface area contributed by atoms with Crippen molar-refractivity contribution in [2.75, 3.05) is 11.9 Å². The van der Waals surface area contributed by atoms with Crippen LogP contribution in [-0.2, 0) is 11.2 Å². The summed E-state index contributed by atoms with van der Waals surface area (Å²) in [4.78, 5) is 13.8. The van der Waals surface area contributed by atoms with Gasteiger partial charge in [-0.25, -0.2) is 0 Å². The molecule has 0 aliphatic carbocycles. The number of anilines is 1. The van der Waals surface area contributed by atoms with Gasteiger partial charge in [0, 0.05) is 29.1 Å². The van der Waals surface area contributed by atoms with Crippen molar-refractivity contribution < 1.29 is 4.79 Å². The van der Waals surface area contributed by atoms with Crippen molar-refractivity contribution in [2.45, 2.75) is 12.8 Å². The SMILES string of the molecule is [N-]=[N+]=NCCC#Cc1ccc2c(c1)CC(=O)N2. The molecule has 0 saturated heterocycles. The van der Waals surface area contributed by atoms with E-state index in [1.54, 1.807) is 0 Å². The summed E-state index contributed by atoms with van der Waals surface area (Å²) < 4.78 is 0. The summed E-state index contributed by atoms with van der Waals surface area (Å²) in [5, 5.41) is 6.16. The number of azide groups is 1. The van der Waals surface area contributed by atoms with Gasteiger partial charge in [-0.2, -0.15) is 0 Å². The first kappa shape index (κ1) is 11.1. The number of fused-ring (bicyclic) bond motifs is 1. The standard InChI is InChI=1S/C12H10N4O/c13-16-14-6-2-1-3-9-4-5-11-10(7-9)8-12(17)15-11/h4-5,7H,2,6,8H2,(H,15,17). The van der Waals surface area contributed by atoms with Crippen LogP contribution < -0.4 is 5.32 Å². The molecule has 0 fully saturated rings. The Morgan fingerprint density at radius 1 is 1.53 bits per heavy atom. The highest BCUT2D eigenvalue weighted by Gasteiger charge is 2.16. The first-order valence-corrected chi connectivity index (χ1v) is 5.22. The van der Waals surface area contributed by atoms with Gasteiger partial charge in [0.05, 0.1) is 6.42 Å². The highest BCUT2D eigenvalue weighted by atomic mass is 16.1. The lowest BCUT2D eigenvalue weighted by atomic mass is 10.1. The molecule has 1 amide bonds. The zero-order chi connectivity index (χ0) is 12.1. The number of carbonyl (C=O) groups excluding carboxylic acids is 1. The zero-order valence-corrected chi connectivity index (χ0v) is 9.10. The summed E-state index contributed by atoms with van der Waals surface area (Å²) >= 11 is 0. The fourth-order valence-corrected chi connectivity index (χ4v) is 1.62. The van der Waals surface area contributed by atoms with E-state index in [0.717, 1.165) is 16.8 Å². The van der Waals surface area contributed by atoms with Crippen molar-refractivity contribution >= 4 is 11.6 Å². The molecule has 1 N–H and O–H groups in total. The number of nitrogens with one attached hydrogen (secondary N) is 1. The molecule has 1 aromatic carbocycles. The predicted molar refractivity (Wildman–Crippen MR) is 64.3 cm³/mol. The summed E-state index contributed by atoms with van der Waals surface area (Å²) in [6.07, 6.45) is 0.960. The zero-order valence-electron chi connectivity index (χ0n) is 9.10. The average molecular weight is 226 g/mol. The Morgan fingerprint density at radius 3 is 3.24 bits per heavy atom. The molecule has 0 radical (unpaired) electrons. The van der Waals surface area contributed by atoms with Crippen LogP contribution in [0.2, 0.25) is 0 Å². The van der Waals surface area contributed by atoms with Crippen molar-refractivity contribution in [1.29, 1.82) is 0 Å². The van der Waals surface area contributed by atoms with Gasteiger partial charge in [-0.3, -0.25) is 4.79 Å². The van der Waals surface area contributed by atoms with E-state index in [0.29, 0.717) is 19.4 Å². The molecule has 1 aliphatic heterocycles. The molecule has 2 rings (SSSR count). The van der Waals surface area contributed by atoms with E-state index < -0.39 is 0 Å². The van der Waals surface area contributed by atoms with Crippen LogP contribution in [-0.4, -0.2) is 12.5 Å². The van der Waals surface area contributed by atoms with Crippen LogP contribution in [0.5, 0.6) is 0 Å². The molecule has 84 valence electrons. The first-order valence-electron chi connectivity index (χ1n) is 5.22. The predicted octanol–water partition coefficient (Wildman–Crippen LogP) is 2.23. The van der Waals surface area contributed by atoms with Gasteiger partial charge in [-0.05, 0) is 29.3 Å². The monoisotopic (exact) mass is 226 g/mol. The third-order valence-electron chi connectivity index (χ3n) is 2.36. The minimum absolute atomic E-state index is 0.0217. The summed E-state index contributed by atoms with van der Waals surface area (Å²) in [6, 6.07) is 5.64. The Hall–Kier alpha value is -2.44. The van der Waals surface area contributed by atoms with Crippen LogP contribution in [0.3, 0.4) is 0 Å². The van der Waals surface area contributed by atoms with Gasteiger partial charge in [-0.15, -0.1) is 0 Å². The molecule has 5 heteroatoms. The minimum atomic E-state index is 0.0217. The second-order valence-electron chi connectivity index (χ2n) is 3.60. The third-order valence-corrected chi connectivity index (χ3v) is 2.36. The molecular weight excluding hydrogens is 216 g/mol. The number of hydrogen-bond donors (Lipinski definition) is 1. The summed E-state index contributed by atoms with van der Waals surface area (Å²) in [7, 11) is 0. The van der Waals surface area contributed by atoms with Gasteiger partial charge in [0.15, 0.2) is 0 Å². The van der Waals surface area contributed by atoms with Crippen LogP contribution in [0, 0.1) is 11.8 Å². The number of carbonyl (C=O) groups is 1. The van der Waals surface area contributed by atoms with Crippen molar-refractivity contribution in [3.8, 4) is 11.8 Å². The molecule has 0 unspecified atom stereocenters. The largest absolute Gasteiger partial charge is 0.326 e. The Labute approximate surface area is 98.5 Å². The van der Waals surface area contributed by atoms with Crippen LogP contribution in [0.25, 0.3) is 10.4 Å². The second kappa shape index (κ2) is 5.06. The molecule has 1 heterocycles. The van der Waals surface area contributed by atoms with E-state index in [-0.39, 0.29) is 5.91 Å². The molecule has 0 aromatic heterocycles. The normalized spacial score (nSPS) is 11.9. The lowest BCUT2D eigenvalue weighted by molar-refractivity contribution is -0.115. The van der Waals surface area contributed by atoms with E-state index in [4.69, 9.17) is 5.53 Å². The second-order valence-corrected chi connectivity index (χ2v) is 3.60. The Bertz CT molecular complexity index is 562. The molecule has 0 spiro atoms. The molecule has 0 saturated carbocycles. The van der Waals surface area contributed by atoms with Gasteiger partial charge >= 0.3 is 0 Å². The summed E-state index contributed by atoms with van der Waals surface area (Å²) in [6.45, 7) is 0.383. The molecule has 0 atom stereocenters. The minimum Gasteiger partial charge on any atom is -0.326 e. The van der Waals surface area contributed by atoms with Crippen LogP contribution in [0.4, 0.5) is 5.69 Å². The smallest absolute Gasteiger partial charge is 0.228 e. The van der Waals surface area contributed by atoms with E-state index in [1.165, 1.54) is 0 Å². The van der Waals surface area contributed by atoms with Crippen LogP contribution >= 0.6 is 0 Å². The lowest BCUT2D eigenvalue weighted by Crippen LogP contribution is -2.03. The summed E-state index contributed by atoms with van der Waals surface area (Å²) in [5.41, 5.74) is 10.8. The fraction of sp³-hybridized carbons (Fsp3) is 0.250. The van der Waals surface area contributed by atoms with Crippen molar-refractivity contribution in [3.63, 3.8) is 0 Å². The van der Waals surface area contributed by atoms with E-state index >= 15 is 0 Å². The van der Waals surface area contributed by atoms with Crippen molar-refractivity contribution in [2.24, 2.45) is 5.11 Å². The highest BCUT2D eigenvalue weighted by molar-refractivity contribution is 5.99. The van der Waals surface area contributed by atoms with Gasteiger partial charge in [0.2, 0.25) is 5.91 Å². The van der Waals surface area contributed by atoms with E-state index in [2.05, 4.69) is 27.2 Å². The quantitative estimate of drug-likeness (QED) is 0.271. The number of amides is 1. The maximum atomic E-state index is 11.1. The lowest BCUT2D eigenvalue weighted by Gasteiger charge is -1.97. The Morgan fingerprint density at radius 2 is 2.41 bits per heavy atom. The van der Waals surface area contributed by atoms with Gasteiger partial charge in [-0.1, -0.05) is 17.0 Å². The number of hydrogen-bond acceptors (Lipinski definition) is 2. The Kier molecular flexibility index (Phi) is 3.29. The number of nitrogens with zero attached hydrogens (tertiary/aromatic N) is 3. The third kappa shape index (κ3) is 2.77. The fourth-order valence-electron chi connectivity index (χ4n) is 1.62. The molecule has 1 aromatic rings. The molecular formula is C12H10N4O. The van der Waals surface area contributed by atoms with Crippen LogP contribution in [0.15, 0.2) is 23.3 Å². The van der Waals surface area contributed by atoms with Gasteiger partial charge < -0.3 is 5.32 Å². The average Bonchev–Trinajstić information content (AvgIpc) is 2.68. The maximum absolute atomic E-state index is 11.1. The molecule has 0 bridgehead atoms. The number of rotatable bonds is 2. The molecule has 1 aliphatic rings. The summed E-state index contributed by atoms with van der Waals surface area (Å²) in [5.74, 6) is 5.92. The molecule has 5 nitrogen and oxygen atoms in total. The van der Waals surface area contributed by atoms with Crippen molar-refractivity contribution in [3.05, 3.63) is 39.8 Å².